The Bertz CT molecular complexity index is 1510. The van der Waals surface area contributed by atoms with Crippen LogP contribution in [-0.2, 0) is 23.9 Å². The van der Waals surface area contributed by atoms with Crippen molar-refractivity contribution in [3.05, 3.63) is 51.8 Å². The average Bonchev–Trinajstić information content (AvgIpc) is 2.92. The second kappa shape index (κ2) is 10.7. The Hall–Kier alpha value is -3.76. The maximum absolute atomic E-state index is 14.5. The van der Waals surface area contributed by atoms with E-state index in [0.717, 1.165) is 19.4 Å². The van der Waals surface area contributed by atoms with Gasteiger partial charge in [0.15, 0.2) is 17.2 Å². The largest absolute Gasteiger partial charge is 0.508 e. The summed E-state index contributed by atoms with van der Waals surface area (Å²) in [4.78, 5) is 52.7. The molecule has 0 heterocycles. The van der Waals surface area contributed by atoms with Crippen LogP contribution < -0.4 is 0 Å². The summed E-state index contributed by atoms with van der Waals surface area (Å²) >= 11 is 0. The smallest absolute Gasteiger partial charge is 0.330 e. The number of unbranched alkanes of at least 4 members (excludes halogenated alkanes) is 1. The van der Waals surface area contributed by atoms with Crippen molar-refractivity contribution in [2.45, 2.75) is 78.9 Å². The molecule has 0 radical (unpaired) electrons. The van der Waals surface area contributed by atoms with Crippen molar-refractivity contribution in [2.24, 2.45) is 22.7 Å². The zero-order chi connectivity index (χ0) is 32.4. The van der Waals surface area contributed by atoms with Gasteiger partial charge >= 0.3 is 5.97 Å². The summed E-state index contributed by atoms with van der Waals surface area (Å²) in [7, 11) is 0. The molecule has 4 rings (SSSR count). The van der Waals surface area contributed by atoms with Crippen LogP contribution in [0.3, 0.4) is 0 Å². The molecule has 0 bridgehead atoms. The minimum absolute atomic E-state index is 0.131. The van der Waals surface area contributed by atoms with Crippen molar-refractivity contribution in [2.75, 3.05) is 6.61 Å². The molecule has 10 heteroatoms. The highest BCUT2D eigenvalue weighted by Crippen LogP contribution is 2.67. The number of carbonyl (C=O) groups excluding carboxylic acids is 4. The molecule has 1 aromatic rings. The molecule has 6 atom stereocenters. The van der Waals surface area contributed by atoms with E-state index in [4.69, 9.17) is 4.74 Å². The number of ketones is 3. The van der Waals surface area contributed by atoms with Crippen LogP contribution in [0.1, 0.15) is 83.9 Å². The molecule has 5 N–H and O–H groups in total. The van der Waals surface area contributed by atoms with Crippen LogP contribution in [0.15, 0.2) is 35.1 Å². The number of benzene rings is 1. The zero-order valence-corrected chi connectivity index (χ0v) is 25.5. The van der Waals surface area contributed by atoms with Crippen molar-refractivity contribution in [3.8, 4) is 5.75 Å². The fraction of sp³-hybridized carbons (Fsp3) is 0.515. The third-order valence-corrected chi connectivity index (χ3v) is 10.0. The van der Waals surface area contributed by atoms with Crippen LogP contribution in [0.2, 0.25) is 0 Å². The number of Topliss-reactive ketones (excluding diaryl/α,β-unsaturated/α-hetero) is 3. The number of phenolic OH excluding ortho intramolecular Hbond substituents is 1. The highest BCUT2D eigenvalue weighted by atomic mass is 16.5. The molecule has 1 unspecified atom stereocenters. The van der Waals surface area contributed by atoms with E-state index in [1.807, 2.05) is 6.92 Å². The number of ether oxygens (including phenoxy) is 1. The topological polar surface area (TPSA) is 179 Å². The standard InChI is InChI=1S/C33H40O10/c1-8-9-14-43-20(35)13-11-18-10-12-19-16(4)31(6)24(27(38)22(19)25(18)36)29(40)33(42)28(39)21(17(5)34)26(37)23(15(2)3)32(33,7)30(31)41/h10-13,15-16,23,30,36,38-39,41-42H,8-9,14H2,1-7H3/b13-11+/t16-,23?,30-,31+,32+,33+/m1/s1. The first kappa shape index (κ1) is 32.2. The Morgan fingerprint density at radius 3 is 2.30 bits per heavy atom. The van der Waals surface area contributed by atoms with E-state index in [9.17, 15) is 44.7 Å². The van der Waals surface area contributed by atoms with Crippen LogP contribution in [0.4, 0.5) is 0 Å². The van der Waals surface area contributed by atoms with Crippen molar-refractivity contribution in [1.82, 2.24) is 0 Å². The predicted molar refractivity (Wildman–Crippen MR) is 157 cm³/mol. The predicted octanol–water partition coefficient (Wildman–Crippen LogP) is 4.08. The molecule has 43 heavy (non-hydrogen) atoms. The molecule has 0 amide bonds. The molecule has 0 aliphatic heterocycles. The number of esters is 1. The van der Waals surface area contributed by atoms with Gasteiger partial charge in [-0.05, 0) is 36.8 Å². The Balaban J connectivity index is 1.98. The van der Waals surface area contributed by atoms with E-state index in [1.165, 1.54) is 26.0 Å². The van der Waals surface area contributed by atoms with Crippen LogP contribution in [-0.4, -0.2) is 67.2 Å². The van der Waals surface area contributed by atoms with E-state index in [0.29, 0.717) is 12.0 Å². The van der Waals surface area contributed by atoms with Crippen molar-refractivity contribution >= 4 is 35.2 Å². The normalized spacial score (nSPS) is 32.2. The lowest BCUT2D eigenvalue weighted by Gasteiger charge is -2.63. The quantitative estimate of drug-likeness (QED) is 0.133. The fourth-order valence-corrected chi connectivity index (χ4v) is 7.60. The minimum atomic E-state index is -2.95. The van der Waals surface area contributed by atoms with Gasteiger partial charge in [-0.1, -0.05) is 60.1 Å². The van der Waals surface area contributed by atoms with Gasteiger partial charge in [0, 0.05) is 28.4 Å². The Morgan fingerprint density at radius 2 is 1.74 bits per heavy atom. The zero-order valence-electron chi connectivity index (χ0n) is 25.5. The maximum atomic E-state index is 14.5. The number of allylic oxidation sites excluding steroid dienone is 1. The van der Waals surface area contributed by atoms with E-state index >= 15 is 0 Å². The summed E-state index contributed by atoms with van der Waals surface area (Å²) in [6, 6.07) is 3.11. The monoisotopic (exact) mass is 596 g/mol. The van der Waals surface area contributed by atoms with Crippen LogP contribution in [0.5, 0.6) is 5.75 Å². The molecule has 1 saturated carbocycles. The molecular weight excluding hydrogens is 556 g/mol. The van der Waals surface area contributed by atoms with Gasteiger partial charge in [0.2, 0.25) is 5.78 Å². The summed E-state index contributed by atoms with van der Waals surface area (Å²) < 4.78 is 5.10. The van der Waals surface area contributed by atoms with Crippen LogP contribution >= 0.6 is 0 Å². The summed E-state index contributed by atoms with van der Waals surface area (Å²) in [5, 5.41) is 58.6. The highest BCUT2D eigenvalue weighted by Gasteiger charge is 2.77. The van der Waals surface area contributed by atoms with Crippen LogP contribution in [0.25, 0.3) is 11.8 Å². The number of carbonyl (C=O) groups is 4. The maximum Gasteiger partial charge on any atom is 0.330 e. The van der Waals surface area contributed by atoms with Gasteiger partial charge in [0.25, 0.3) is 0 Å². The molecule has 3 aliphatic rings. The van der Waals surface area contributed by atoms with Gasteiger partial charge in [0.05, 0.1) is 23.8 Å². The lowest BCUT2D eigenvalue weighted by molar-refractivity contribution is -0.215. The van der Waals surface area contributed by atoms with Crippen molar-refractivity contribution in [1.29, 1.82) is 0 Å². The first-order valence-electron chi connectivity index (χ1n) is 14.5. The van der Waals surface area contributed by atoms with Gasteiger partial charge < -0.3 is 30.3 Å². The number of aromatic hydroxyl groups is 1. The number of hydrogen-bond donors (Lipinski definition) is 5. The number of hydrogen-bond acceptors (Lipinski definition) is 10. The Kier molecular flexibility index (Phi) is 8.04. The van der Waals surface area contributed by atoms with Gasteiger partial charge in [-0.2, -0.15) is 0 Å². The number of aliphatic hydroxyl groups excluding tert-OH is 3. The van der Waals surface area contributed by atoms with Crippen molar-refractivity contribution in [3.63, 3.8) is 0 Å². The number of aliphatic hydroxyl groups is 4. The second-order valence-corrected chi connectivity index (χ2v) is 12.6. The molecule has 1 aromatic carbocycles. The van der Waals surface area contributed by atoms with Gasteiger partial charge in [0.1, 0.15) is 22.8 Å². The lowest BCUT2D eigenvalue weighted by Crippen LogP contribution is -2.75. The van der Waals surface area contributed by atoms with E-state index < -0.39 is 92.0 Å². The fourth-order valence-electron chi connectivity index (χ4n) is 7.60. The minimum Gasteiger partial charge on any atom is -0.508 e. The molecular formula is C33H40O10. The third-order valence-electron chi connectivity index (χ3n) is 10.0. The molecule has 0 spiro atoms. The second-order valence-electron chi connectivity index (χ2n) is 12.6. The van der Waals surface area contributed by atoms with E-state index in [1.54, 1.807) is 26.8 Å². The number of fused-ring (bicyclic) bond motifs is 3. The Morgan fingerprint density at radius 1 is 1.12 bits per heavy atom. The molecule has 3 aliphatic carbocycles. The van der Waals surface area contributed by atoms with Crippen molar-refractivity contribution < 1.29 is 49.4 Å². The average molecular weight is 597 g/mol. The lowest BCUT2D eigenvalue weighted by atomic mass is 9.40. The van der Waals surface area contributed by atoms with Gasteiger partial charge in [-0.25, -0.2) is 4.79 Å². The summed E-state index contributed by atoms with van der Waals surface area (Å²) in [5.41, 5.74) is -7.39. The molecule has 1 fully saturated rings. The SMILES string of the molecule is CCCCOC(=O)/C=C/c1ccc2c(c1O)C(O)=C1C(=O)[C@@]3(O)C(O)=C(C(C)=O)C(=O)C(C(C)C)[C@@]3(C)[C@H](O)[C@@]1(C)[C@@H]2C. The van der Waals surface area contributed by atoms with Gasteiger partial charge in [-0.15, -0.1) is 0 Å². The molecule has 0 aromatic heterocycles. The first-order chi connectivity index (χ1) is 19.9. The number of phenols is 1. The Labute approximate surface area is 250 Å². The molecule has 10 nitrogen and oxygen atoms in total. The molecule has 0 saturated heterocycles. The first-order valence-corrected chi connectivity index (χ1v) is 14.5. The summed E-state index contributed by atoms with van der Waals surface area (Å²) in [6.45, 7) is 11.1. The summed E-state index contributed by atoms with van der Waals surface area (Å²) in [5.74, 6) is -8.41. The van der Waals surface area contributed by atoms with E-state index in [-0.39, 0.29) is 17.7 Å². The summed E-state index contributed by atoms with van der Waals surface area (Å²) in [6.07, 6.45) is 2.26. The van der Waals surface area contributed by atoms with E-state index in [2.05, 4.69) is 0 Å². The highest BCUT2D eigenvalue weighted by molar-refractivity contribution is 6.24. The molecule has 232 valence electrons. The number of rotatable bonds is 7. The van der Waals surface area contributed by atoms with Gasteiger partial charge in [-0.3, -0.25) is 14.4 Å². The van der Waals surface area contributed by atoms with Crippen LogP contribution in [0, 0.1) is 22.7 Å². The third kappa shape index (κ3) is 4.13.